The van der Waals surface area contributed by atoms with Crippen molar-refractivity contribution >= 4 is 0 Å². The van der Waals surface area contributed by atoms with Crippen molar-refractivity contribution in [2.24, 2.45) is 0 Å². The monoisotopic (exact) mass is 401 g/mol. The van der Waals surface area contributed by atoms with Gasteiger partial charge >= 0.3 is 0 Å². The molecule has 0 radical (unpaired) electrons. The predicted octanol–water partition coefficient (Wildman–Crippen LogP) is 9.54. The lowest BCUT2D eigenvalue weighted by Gasteiger charge is -2.08. The van der Waals surface area contributed by atoms with Crippen molar-refractivity contribution in [1.29, 1.82) is 0 Å². The molecule has 0 aliphatic heterocycles. The Balaban J connectivity index is 2.09. The zero-order chi connectivity index (χ0) is 21.0. The van der Waals surface area contributed by atoms with Crippen molar-refractivity contribution in [3.05, 3.63) is 29.1 Å². The Hall–Kier alpha value is -0.850. The van der Waals surface area contributed by atoms with Crippen LogP contribution in [-0.4, -0.2) is 4.98 Å². The molecule has 0 N–H and O–H groups in total. The molecule has 0 saturated heterocycles. The molecule has 0 aromatic carbocycles. The lowest BCUT2D eigenvalue weighted by molar-refractivity contribution is 0.561. The van der Waals surface area contributed by atoms with Gasteiger partial charge in [0.2, 0.25) is 0 Å². The van der Waals surface area contributed by atoms with Crippen molar-refractivity contribution in [3.63, 3.8) is 0 Å². The molecule has 0 saturated carbocycles. The highest BCUT2D eigenvalue weighted by atomic mass is 14.7. The zero-order valence-electron chi connectivity index (χ0n) is 20.2. The number of nitrogens with zero attached hydrogens (tertiary/aromatic N) is 1. The number of pyridine rings is 1. The Morgan fingerprint density at radius 1 is 0.483 bits per heavy atom. The summed E-state index contributed by atoms with van der Waals surface area (Å²) < 4.78 is 0. The normalized spacial score (nSPS) is 11.3. The van der Waals surface area contributed by atoms with Crippen LogP contribution in [0, 0.1) is 6.92 Å². The molecule has 0 aliphatic rings. The van der Waals surface area contributed by atoms with E-state index in [-0.39, 0.29) is 0 Å². The lowest BCUT2D eigenvalue weighted by Crippen LogP contribution is -1.98. The first-order chi connectivity index (χ1) is 14.3. The summed E-state index contributed by atoms with van der Waals surface area (Å²) in [7, 11) is 0. The number of rotatable bonds is 20. The molecule has 1 heterocycles. The van der Waals surface area contributed by atoms with Crippen LogP contribution in [0.4, 0.5) is 0 Å². The van der Waals surface area contributed by atoms with E-state index in [9.17, 15) is 0 Å². The Kier molecular flexibility index (Phi) is 17.3. The molecular formula is C28H51N. The summed E-state index contributed by atoms with van der Waals surface area (Å²) in [4.78, 5) is 4.97. The van der Waals surface area contributed by atoms with Gasteiger partial charge in [0, 0.05) is 11.4 Å². The van der Waals surface area contributed by atoms with Gasteiger partial charge in [0.15, 0.2) is 0 Å². The van der Waals surface area contributed by atoms with Gasteiger partial charge in [-0.05, 0) is 50.3 Å². The summed E-state index contributed by atoms with van der Waals surface area (Å²) in [5.74, 6) is 0. The maximum Gasteiger partial charge on any atom is 0.0409 e. The number of aryl methyl sites for hydroxylation is 3. The number of hydrogen-bond donors (Lipinski definition) is 0. The van der Waals surface area contributed by atoms with Crippen molar-refractivity contribution in [2.45, 2.75) is 149 Å². The van der Waals surface area contributed by atoms with E-state index < -0.39 is 0 Å². The second-order valence-electron chi connectivity index (χ2n) is 9.28. The van der Waals surface area contributed by atoms with Gasteiger partial charge in [-0.15, -0.1) is 0 Å². The molecule has 0 spiro atoms. The van der Waals surface area contributed by atoms with E-state index in [1.807, 2.05) is 0 Å². The minimum atomic E-state index is 1.17. The molecule has 0 unspecified atom stereocenters. The van der Waals surface area contributed by atoms with Crippen molar-refractivity contribution < 1.29 is 0 Å². The fraction of sp³-hybridized carbons (Fsp3) is 0.821. The molecule has 0 fully saturated rings. The number of aromatic nitrogens is 1. The van der Waals surface area contributed by atoms with E-state index in [0.717, 1.165) is 0 Å². The third-order valence-electron chi connectivity index (χ3n) is 6.15. The van der Waals surface area contributed by atoms with Crippen molar-refractivity contribution in [3.8, 4) is 0 Å². The molecule has 1 aromatic rings. The van der Waals surface area contributed by atoms with Gasteiger partial charge < -0.3 is 0 Å². The van der Waals surface area contributed by atoms with Crippen LogP contribution in [0.1, 0.15) is 146 Å². The van der Waals surface area contributed by atoms with Crippen LogP contribution >= 0.6 is 0 Å². The molecule has 168 valence electrons. The second kappa shape index (κ2) is 19.1. The maximum absolute atomic E-state index is 4.97. The predicted molar refractivity (Wildman–Crippen MR) is 131 cm³/mol. The van der Waals surface area contributed by atoms with Gasteiger partial charge in [0.05, 0.1) is 0 Å². The van der Waals surface area contributed by atoms with Gasteiger partial charge in [-0.25, -0.2) is 0 Å². The van der Waals surface area contributed by atoms with E-state index >= 15 is 0 Å². The minimum absolute atomic E-state index is 1.17. The third-order valence-corrected chi connectivity index (χ3v) is 6.15. The molecular weight excluding hydrogens is 350 g/mol. The summed E-state index contributed by atoms with van der Waals surface area (Å²) in [5, 5.41) is 0. The van der Waals surface area contributed by atoms with Gasteiger partial charge in [-0.2, -0.15) is 0 Å². The molecule has 1 nitrogen and oxygen atoms in total. The Labute approximate surface area is 183 Å². The third kappa shape index (κ3) is 15.6. The summed E-state index contributed by atoms with van der Waals surface area (Å²) in [6.07, 6.45) is 27.5. The SMILES string of the molecule is CCCCCCCCCCCc1cc(C)cc(CCCCCCCCCCC)n1. The first kappa shape index (κ1) is 26.2. The van der Waals surface area contributed by atoms with Crippen LogP contribution < -0.4 is 0 Å². The maximum atomic E-state index is 4.97. The first-order valence-electron chi connectivity index (χ1n) is 13.2. The quantitative estimate of drug-likeness (QED) is 0.198. The van der Waals surface area contributed by atoms with Crippen LogP contribution in [0.25, 0.3) is 0 Å². The minimum Gasteiger partial charge on any atom is -0.258 e. The topological polar surface area (TPSA) is 12.9 Å². The van der Waals surface area contributed by atoms with Crippen molar-refractivity contribution in [1.82, 2.24) is 4.98 Å². The van der Waals surface area contributed by atoms with Gasteiger partial charge in [-0.1, -0.05) is 117 Å². The van der Waals surface area contributed by atoms with Gasteiger partial charge in [-0.3, -0.25) is 4.98 Å². The Morgan fingerprint density at radius 3 is 1.14 bits per heavy atom. The van der Waals surface area contributed by atoms with E-state index in [2.05, 4.69) is 32.9 Å². The smallest absolute Gasteiger partial charge is 0.0409 e. The summed E-state index contributed by atoms with van der Waals surface area (Å²) >= 11 is 0. The molecule has 0 aliphatic carbocycles. The van der Waals surface area contributed by atoms with Crippen LogP contribution in [-0.2, 0) is 12.8 Å². The second-order valence-corrected chi connectivity index (χ2v) is 9.28. The fourth-order valence-electron chi connectivity index (χ4n) is 4.31. The standard InChI is InChI=1S/C28H51N/c1-4-6-8-10-12-14-16-18-20-22-27-24-26(3)25-28(29-27)23-21-19-17-15-13-11-9-7-5-2/h24-25H,4-23H2,1-3H3. The average molecular weight is 402 g/mol. The highest BCUT2D eigenvalue weighted by Gasteiger charge is 2.02. The summed E-state index contributed by atoms with van der Waals surface area (Å²) in [6, 6.07) is 4.62. The fourth-order valence-corrected chi connectivity index (χ4v) is 4.31. The molecule has 0 atom stereocenters. The first-order valence-corrected chi connectivity index (χ1v) is 13.2. The molecule has 1 aromatic heterocycles. The largest absolute Gasteiger partial charge is 0.258 e. The van der Waals surface area contributed by atoms with Gasteiger partial charge in [0.1, 0.15) is 0 Å². The average Bonchev–Trinajstić information content (AvgIpc) is 2.71. The highest BCUT2D eigenvalue weighted by Crippen LogP contribution is 2.15. The molecule has 29 heavy (non-hydrogen) atoms. The van der Waals surface area contributed by atoms with Gasteiger partial charge in [0.25, 0.3) is 0 Å². The molecule has 0 amide bonds. The summed E-state index contributed by atoms with van der Waals surface area (Å²) in [6.45, 7) is 6.82. The molecule has 0 bridgehead atoms. The van der Waals surface area contributed by atoms with Crippen LogP contribution in [0.2, 0.25) is 0 Å². The van der Waals surface area contributed by atoms with Crippen LogP contribution in [0.3, 0.4) is 0 Å². The van der Waals surface area contributed by atoms with E-state index in [0.29, 0.717) is 0 Å². The molecule has 1 rings (SSSR count). The van der Waals surface area contributed by atoms with E-state index in [4.69, 9.17) is 4.98 Å². The van der Waals surface area contributed by atoms with Crippen LogP contribution in [0.15, 0.2) is 12.1 Å². The Bertz CT molecular complexity index is 439. The van der Waals surface area contributed by atoms with Crippen LogP contribution in [0.5, 0.6) is 0 Å². The molecule has 1 heteroatoms. The lowest BCUT2D eigenvalue weighted by atomic mass is 10.0. The van der Waals surface area contributed by atoms with E-state index in [1.165, 1.54) is 145 Å². The van der Waals surface area contributed by atoms with Crippen molar-refractivity contribution in [2.75, 3.05) is 0 Å². The van der Waals surface area contributed by atoms with E-state index in [1.54, 1.807) is 0 Å². The number of hydrogen-bond acceptors (Lipinski definition) is 1. The number of unbranched alkanes of at least 4 members (excludes halogenated alkanes) is 16. The Morgan fingerprint density at radius 2 is 0.793 bits per heavy atom. The highest BCUT2D eigenvalue weighted by molar-refractivity contribution is 5.20. The summed E-state index contributed by atoms with van der Waals surface area (Å²) in [5.41, 5.74) is 4.06. The zero-order valence-corrected chi connectivity index (χ0v) is 20.2.